The Labute approximate surface area is 95.1 Å². The molecule has 0 bridgehead atoms. The summed E-state index contributed by atoms with van der Waals surface area (Å²) in [5.74, 6) is 0.0256. The average Bonchev–Trinajstić information content (AvgIpc) is 2.19. The van der Waals surface area contributed by atoms with Crippen molar-refractivity contribution in [1.29, 1.82) is 5.26 Å². The summed E-state index contributed by atoms with van der Waals surface area (Å²) in [6, 6.07) is 5.84. The monoisotopic (exact) mass is 214 g/mol. The van der Waals surface area contributed by atoms with E-state index in [0.717, 1.165) is 30.5 Å². The predicted octanol–water partition coefficient (Wildman–Crippen LogP) is 2.29. The van der Waals surface area contributed by atoms with Crippen LogP contribution >= 0.6 is 0 Å². The summed E-state index contributed by atoms with van der Waals surface area (Å²) in [4.78, 5) is 16.3. The maximum atomic E-state index is 12.0. The highest BCUT2D eigenvalue weighted by Gasteiger charge is 2.45. The van der Waals surface area contributed by atoms with Crippen molar-refractivity contribution in [1.82, 2.24) is 4.98 Å². The van der Waals surface area contributed by atoms with Crippen molar-refractivity contribution in [2.24, 2.45) is 0 Å². The largest absolute Gasteiger partial charge is 0.297 e. The lowest BCUT2D eigenvalue weighted by Crippen LogP contribution is -2.43. The van der Waals surface area contributed by atoms with Gasteiger partial charge in [0.2, 0.25) is 0 Å². The Morgan fingerprint density at radius 3 is 2.75 bits per heavy atom. The van der Waals surface area contributed by atoms with E-state index in [9.17, 15) is 4.79 Å². The summed E-state index contributed by atoms with van der Waals surface area (Å²) in [6.07, 6.45) is 4.50. The number of rotatable bonds is 3. The highest BCUT2D eigenvalue weighted by Crippen LogP contribution is 2.44. The SMILES string of the molecule is Cc1ccc(C2(C(=O)CC#N)CCC2)nc1. The molecule has 0 atom stereocenters. The van der Waals surface area contributed by atoms with Gasteiger partial charge in [-0.1, -0.05) is 12.5 Å². The number of carbonyl (C=O) groups is 1. The molecule has 1 heterocycles. The van der Waals surface area contributed by atoms with Crippen LogP contribution in [0.2, 0.25) is 0 Å². The number of nitriles is 1. The van der Waals surface area contributed by atoms with E-state index in [-0.39, 0.29) is 12.2 Å². The molecule has 16 heavy (non-hydrogen) atoms. The van der Waals surface area contributed by atoms with Crippen molar-refractivity contribution < 1.29 is 4.79 Å². The van der Waals surface area contributed by atoms with Crippen molar-refractivity contribution in [3.05, 3.63) is 29.6 Å². The number of aryl methyl sites for hydroxylation is 1. The molecule has 1 fully saturated rings. The first-order valence-electron chi connectivity index (χ1n) is 5.52. The van der Waals surface area contributed by atoms with Crippen LogP contribution in [0.3, 0.4) is 0 Å². The molecular weight excluding hydrogens is 200 g/mol. The van der Waals surface area contributed by atoms with E-state index in [1.807, 2.05) is 25.1 Å². The topological polar surface area (TPSA) is 53.8 Å². The van der Waals surface area contributed by atoms with Crippen molar-refractivity contribution in [3.63, 3.8) is 0 Å². The Morgan fingerprint density at radius 2 is 2.31 bits per heavy atom. The summed E-state index contributed by atoms with van der Waals surface area (Å²) in [5.41, 5.74) is 1.47. The first kappa shape index (κ1) is 10.8. The number of hydrogen-bond acceptors (Lipinski definition) is 3. The predicted molar refractivity (Wildman–Crippen MR) is 59.7 cm³/mol. The van der Waals surface area contributed by atoms with Crippen molar-refractivity contribution >= 4 is 5.78 Å². The Balaban J connectivity index is 2.32. The number of carbonyl (C=O) groups excluding carboxylic acids is 1. The fourth-order valence-electron chi connectivity index (χ4n) is 2.20. The molecule has 0 aromatic carbocycles. The molecule has 0 saturated heterocycles. The molecule has 0 amide bonds. The van der Waals surface area contributed by atoms with E-state index in [1.54, 1.807) is 6.20 Å². The number of Topliss-reactive ketones (excluding diaryl/α,β-unsaturated/α-hetero) is 1. The van der Waals surface area contributed by atoms with Gasteiger partial charge < -0.3 is 0 Å². The smallest absolute Gasteiger partial charge is 0.158 e. The second kappa shape index (κ2) is 4.05. The minimum atomic E-state index is -0.455. The molecule has 1 aliphatic rings. The third-order valence-electron chi connectivity index (χ3n) is 3.38. The molecular formula is C13H14N2O. The number of nitrogens with zero attached hydrogens (tertiary/aromatic N) is 2. The molecule has 0 aliphatic heterocycles. The normalized spacial score (nSPS) is 17.2. The van der Waals surface area contributed by atoms with Gasteiger partial charge in [-0.15, -0.1) is 0 Å². The summed E-state index contributed by atoms with van der Waals surface area (Å²) < 4.78 is 0. The molecule has 0 spiro atoms. The molecule has 0 radical (unpaired) electrons. The van der Waals surface area contributed by atoms with Gasteiger partial charge in [0.25, 0.3) is 0 Å². The zero-order valence-corrected chi connectivity index (χ0v) is 9.36. The van der Waals surface area contributed by atoms with Crippen molar-refractivity contribution in [3.8, 4) is 6.07 Å². The van der Waals surface area contributed by atoms with Gasteiger partial charge in [-0.3, -0.25) is 9.78 Å². The Hall–Kier alpha value is -1.69. The highest BCUT2D eigenvalue weighted by atomic mass is 16.1. The molecule has 2 rings (SSSR count). The minimum absolute atomic E-state index is 0.00441. The fraction of sp³-hybridized carbons (Fsp3) is 0.462. The van der Waals surface area contributed by atoms with Crippen LogP contribution < -0.4 is 0 Å². The Morgan fingerprint density at radius 1 is 1.56 bits per heavy atom. The van der Waals surface area contributed by atoms with Crippen LogP contribution in [0.4, 0.5) is 0 Å². The summed E-state index contributed by atoms with van der Waals surface area (Å²) >= 11 is 0. The molecule has 1 aliphatic carbocycles. The lowest BCUT2D eigenvalue weighted by molar-refractivity contribution is -0.126. The van der Waals surface area contributed by atoms with E-state index in [4.69, 9.17) is 5.26 Å². The van der Waals surface area contributed by atoms with Crippen LogP contribution in [-0.4, -0.2) is 10.8 Å². The second-order valence-electron chi connectivity index (χ2n) is 4.41. The van der Waals surface area contributed by atoms with E-state index in [2.05, 4.69) is 4.98 Å². The van der Waals surface area contributed by atoms with Gasteiger partial charge in [0.15, 0.2) is 5.78 Å². The lowest BCUT2D eigenvalue weighted by Gasteiger charge is -2.39. The fourth-order valence-corrected chi connectivity index (χ4v) is 2.20. The van der Waals surface area contributed by atoms with Crippen LogP contribution in [0.5, 0.6) is 0 Å². The van der Waals surface area contributed by atoms with Gasteiger partial charge in [-0.05, 0) is 31.4 Å². The van der Waals surface area contributed by atoms with Gasteiger partial charge >= 0.3 is 0 Å². The number of aromatic nitrogens is 1. The maximum Gasteiger partial charge on any atom is 0.158 e. The number of hydrogen-bond donors (Lipinski definition) is 0. The van der Waals surface area contributed by atoms with Crippen LogP contribution in [0.15, 0.2) is 18.3 Å². The van der Waals surface area contributed by atoms with Crippen LogP contribution in [0, 0.1) is 18.3 Å². The minimum Gasteiger partial charge on any atom is -0.297 e. The molecule has 1 aromatic rings. The third-order valence-corrected chi connectivity index (χ3v) is 3.38. The first-order valence-corrected chi connectivity index (χ1v) is 5.52. The van der Waals surface area contributed by atoms with Gasteiger partial charge in [0.05, 0.1) is 23.6 Å². The van der Waals surface area contributed by atoms with Gasteiger partial charge in [0, 0.05) is 6.20 Å². The van der Waals surface area contributed by atoms with E-state index < -0.39 is 5.41 Å². The quantitative estimate of drug-likeness (QED) is 0.775. The van der Waals surface area contributed by atoms with E-state index in [1.165, 1.54) is 0 Å². The molecule has 0 N–H and O–H groups in total. The Kier molecular flexibility index (Phi) is 2.74. The van der Waals surface area contributed by atoms with E-state index >= 15 is 0 Å². The zero-order chi connectivity index (χ0) is 11.6. The molecule has 0 unspecified atom stereocenters. The van der Waals surface area contributed by atoms with E-state index in [0.29, 0.717) is 0 Å². The lowest BCUT2D eigenvalue weighted by atomic mass is 9.63. The molecule has 3 nitrogen and oxygen atoms in total. The van der Waals surface area contributed by atoms with Gasteiger partial charge in [0.1, 0.15) is 0 Å². The Bertz CT molecular complexity index is 438. The summed E-state index contributed by atoms with van der Waals surface area (Å²) in [6.45, 7) is 1.97. The van der Waals surface area contributed by atoms with Gasteiger partial charge in [-0.2, -0.15) is 5.26 Å². The van der Waals surface area contributed by atoms with Crippen molar-refractivity contribution in [2.45, 2.75) is 38.0 Å². The summed E-state index contributed by atoms with van der Waals surface area (Å²) in [5, 5.41) is 8.62. The molecule has 1 aromatic heterocycles. The number of pyridine rings is 1. The van der Waals surface area contributed by atoms with Crippen molar-refractivity contribution in [2.75, 3.05) is 0 Å². The van der Waals surface area contributed by atoms with Crippen LogP contribution in [0.25, 0.3) is 0 Å². The molecule has 1 saturated carbocycles. The number of ketones is 1. The highest BCUT2D eigenvalue weighted by molar-refractivity contribution is 5.92. The molecule has 82 valence electrons. The van der Waals surface area contributed by atoms with Crippen LogP contribution in [-0.2, 0) is 10.2 Å². The molecule has 3 heteroatoms. The van der Waals surface area contributed by atoms with Crippen LogP contribution in [0.1, 0.15) is 36.9 Å². The van der Waals surface area contributed by atoms with Gasteiger partial charge in [-0.25, -0.2) is 0 Å². The standard InChI is InChI=1S/C13H14N2O/c1-10-3-4-11(15-9-10)13(6-2-7-13)12(16)5-8-14/h3-4,9H,2,5-7H2,1H3. The maximum absolute atomic E-state index is 12.0. The summed E-state index contributed by atoms with van der Waals surface area (Å²) in [7, 11) is 0. The second-order valence-corrected chi connectivity index (χ2v) is 4.41. The first-order chi connectivity index (χ1) is 7.69. The zero-order valence-electron chi connectivity index (χ0n) is 9.36. The average molecular weight is 214 g/mol. The third kappa shape index (κ3) is 1.61.